The van der Waals surface area contributed by atoms with Crippen molar-refractivity contribution in [2.45, 2.75) is 12.5 Å². The maximum absolute atomic E-state index is 12.1. The van der Waals surface area contributed by atoms with Crippen LogP contribution >= 0.6 is 0 Å². The fourth-order valence-corrected chi connectivity index (χ4v) is 2.58. The largest absolute Gasteiger partial charge is 0.484 e. The van der Waals surface area contributed by atoms with Crippen LogP contribution in [0.4, 0.5) is 0 Å². The van der Waals surface area contributed by atoms with Crippen molar-refractivity contribution in [1.29, 1.82) is 0 Å². The van der Waals surface area contributed by atoms with E-state index in [0.29, 0.717) is 18.0 Å². The fourth-order valence-electron chi connectivity index (χ4n) is 2.58. The third-order valence-corrected chi connectivity index (χ3v) is 3.90. The lowest BCUT2D eigenvalue weighted by molar-refractivity contribution is -0.124. The third-order valence-electron chi connectivity index (χ3n) is 3.90. The molecule has 2 N–H and O–H groups in total. The van der Waals surface area contributed by atoms with E-state index in [-0.39, 0.29) is 25.2 Å². The average Bonchev–Trinajstić information content (AvgIpc) is 3.13. The van der Waals surface area contributed by atoms with Gasteiger partial charge in [0.25, 0.3) is 5.91 Å². The van der Waals surface area contributed by atoms with Crippen LogP contribution in [0.15, 0.2) is 54.6 Å². The molecule has 1 heterocycles. The van der Waals surface area contributed by atoms with Crippen molar-refractivity contribution in [3.8, 4) is 17.1 Å². The molecule has 0 saturated carbocycles. The van der Waals surface area contributed by atoms with Gasteiger partial charge in [0, 0.05) is 5.56 Å². The number of nitrogens with zero attached hydrogens (tertiary/aromatic N) is 4. The zero-order valence-electron chi connectivity index (χ0n) is 14.9. The average molecular weight is 367 g/mol. The first kappa shape index (κ1) is 18.5. The molecule has 0 spiro atoms. The number of aliphatic hydroxyl groups excluding tert-OH is 1. The first-order valence-corrected chi connectivity index (χ1v) is 8.55. The Bertz CT molecular complexity index is 865. The maximum Gasteiger partial charge on any atom is 0.258 e. The molecule has 0 aliphatic carbocycles. The van der Waals surface area contributed by atoms with Gasteiger partial charge in [0.2, 0.25) is 5.82 Å². The van der Waals surface area contributed by atoms with Crippen LogP contribution in [0.5, 0.6) is 5.75 Å². The van der Waals surface area contributed by atoms with Crippen LogP contribution in [0.1, 0.15) is 5.56 Å². The number of nitrogens with one attached hydrogen (secondary N) is 1. The second-order valence-corrected chi connectivity index (χ2v) is 6.05. The van der Waals surface area contributed by atoms with E-state index in [1.54, 1.807) is 31.3 Å². The van der Waals surface area contributed by atoms with E-state index >= 15 is 0 Å². The zero-order chi connectivity index (χ0) is 19.1. The summed E-state index contributed by atoms with van der Waals surface area (Å²) in [6, 6.07) is 16.4. The van der Waals surface area contributed by atoms with Crippen LogP contribution < -0.4 is 10.1 Å². The Morgan fingerprint density at radius 3 is 2.56 bits per heavy atom. The predicted molar refractivity (Wildman–Crippen MR) is 98.9 cm³/mol. The lowest BCUT2D eigenvalue weighted by atomic mass is 10.1. The minimum absolute atomic E-state index is 0.131. The standard InChI is InChI=1S/C19H21N5O3/c1-24-22-19(21-23-24)15-7-9-17(10-8-15)27-13-18(26)20-16(12-25)11-14-5-3-2-4-6-14/h2-10,16,25H,11-13H2,1H3,(H,20,26)/t16-/m1/s1. The molecular weight excluding hydrogens is 346 g/mol. The van der Waals surface area contributed by atoms with E-state index < -0.39 is 0 Å². The van der Waals surface area contributed by atoms with Gasteiger partial charge >= 0.3 is 0 Å². The van der Waals surface area contributed by atoms with Crippen LogP contribution in [0, 0.1) is 0 Å². The molecule has 27 heavy (non-hydrogen) atoms. The summed E-state index contributed by atoms with van der Waals surface area (Å²) >= 11 is 0. The highest BCUT2D eigenvalue weighted by Gasteiger charge is 2.13. The monoisotopic (exact) mass is 367 g/mol. The number of hydrogen-bond donors (Lipinski definition) is 2. The maximum atomic E-state index is 12.1. The highest BCUT2D eigenvalue weighted by Crippen LogP contribution is 2.18. The second kappa shape index (κ2) is 8.91. The Kier molecular flexibility index (Phi) is 6.11. The van der Waals surface area contributed by atoms with Gasteiger partial charge in [-0.05, 0) is 41.5 Å². The van der Waals surface area contributed by atoms with Gasteiger partial charge in [-0.15, -0.1) is 10.2 Å². The summed E-state index contributed by atoms with van der Waals surface area (Å²) in [5.74, 6) is 0.791. The molecule has 3 aromatic rings. The Labute approximate surface area is 156 Å². The summed E-state index contributed by atoms with van der Waals surface area (Å²) < 4.78 is 5.50. The SMILES string of the molecule is Cn1nnc(-c2ccc(OCC(=O)N[C@@H](CO)Cc3ccccc3)cc2)n1. The van der Waals surface area contributed by atoms with Crippen molar-refractivity contribution in [1.82, 2.24) is 25.5 Å². The summed E-state index contributed by atoms with van der Waals surface area (Å²) in [5.41, 5.74) is 1.86. The van der Waals surface area contributed by atoms with Crippen molar-refractivity contribution >= 4 is 5.91 Å². The molecule has 1 aromatic heterocycles. The van der Waals surface area contributed by atoms with Gasteiger partial charge < -0.3 is 15.2 Å². The van der Waals surface area contributed by atoms with Crippen molar-refractivity contribution < 1.29 is 14.6 Å². The van der Waals surface area contributed by atoms with E-state index in [2.05, 4.69) is 20.7 Å². The number of amides is 1. The predicted octanol–water partition coefficient (Wildman–Crippen LogP) is 0.976. The van der Waals surface area contributed by atoms with Crippen molar-refractivity contribution in [3.63, 3.8) is 0 Å². The number of aliphatic hydroxyl groups is 1. The lowest BCUT2D eigenvalue weighted by Gasteiger charge is -2.16. The number of ether oxygens (including phenoxy) is 1. The van der Waals surface area contributed by atoms with Gasteiger partial charge in [0.15, 0.2) is 6.61 Å². The zero-order valence-corrected chi connectivity index (χ0v) is 14.9. The van der Waals surface area contributed by atoms with Crippen LogP contribution in [-0.4, -0.2) is 50.5 Å². The molecule has 0 radical (unpaired) electrons. The number of carbonyl (C=O) groups is 1. The van der Waals surface area contributed by atoms with Gasteiger partial charge in [0.05, 0.1) is 19.7 Å². The summed E-state index contributed by atoms with van der Waals surface area (Å²) in [4.78, 5) is 13.5. The van der Waals surface area contributed by atoms with Crippen LogP contribution in [-0.2, 0) is 18.3 Å². The summed E-state index contributed by atoms with van der Waals surface area (Å²) in [6.07, 6.45) is 0.558. The van der Waals surface area contributed by atoms with Gasteiger partial charge in [-0.2, -0.15) is 4.80 Å². The number of benzene rings is 2. The van der Waals surface area contributed by atoms with E-state index in [0.717, 1.165) is 11.1 Å². The minimum atomic E-state index is -0.353. The van der Waals surface area contributed by atoms with Gasteiger partial charge in [-0.3, -0.25) is 4.79 Å². The van der Waals surface area contributed by atoms with Crippen molar-refractivity contribution in [3.05, 3.63) is 60.2 Å². The minimum Gasteiger partial charge on any atom is -0.484 e. The molecule has 0 bridgehead atoms. The van der Waals surface area contributed by atoms with Crippen LogP contribution in [0.25, 0.3) is 11.4 Å². The molecule has 0 saturated heterocycles. The Morgan fingerprint density at radius 2 is 1.93 bits per heavy atom. The van der Waals surface area contributed by atoms with Gasteiger partial charge in [-0.25, -0.2) is 0 Å². The Morgan fingerprint density at radius 1 is 1.19 bits per heavy atom. The molecule has 1 amide bonds. The highest BCUT2D eigenvalue weighted by atomic mass is 16.5. The number of rotatable bonds is 8. The molecule has 2 aromatic carbocycles. The first-order valence-electron chi connectivity index (χ1n) is 8.55. The molecule has 3 rings (SSSR count). The topological polar surface area (TPSA) is 102 Å². The van der Waals surface area contributed by atoms with Gasteiger partial charge in [0.1, 0.15) is 5.75 Å². The molecule has 1 atom stereocenters. The summed E-state index contributed by atoms with van der Waals surface area (Å²) in [7, 11) is 1.70. The lowest BCUT2D eigenvalue weighted by Crippen LogP contribution is -2.41. The quantitative estimate of drug-likeness (QED) is 0.615. The molecule has 8 heteroatoms. The summed E-state index contributed by atoms with van der Waals surface area (Å²) in [5, 5.41) is 24.1. The molecule has 0 aliphatic rings. The smallest absolute Gasteiger partial charge is 0.258 e. The van der Waals surface area contributed by atoms with E-state index in [9.17, 15) is 9.90 Å². The summed E-state index contributed by atoms with van der Waals surface area (Å²) in [6.45, 7) is -0.269. The Balaban J connectivity index is 1.49. The van der Waals surface area contributed by atoms with Crippen molar-refractivity contribution in [2.75, 3.05) is 13.2 Å². The van der Waals surface area contributed by atoms with Crippen LogP contribution in [0.2, 0.25) is 0 Å². The first-order chi connectivity index (χ1) is 13.1. The van der Waals surface area contributed by atoms with E-state index in [1.165, 1.54) is 4.80 Å². The number of hydrogen-bond acceptors (Lipinski definition) is 6. The van der Waals surface area contributed by atoms with Crippen molar-refractivity contribution in [2.24, 2.45) is 7.05 Å². The number of tetrazole rings is 1. The van der Waals surface area contributed by atoms with Crippen LogP contribution in [0.3, 0.4) is 0 Å². The Hall–Kier alpha value is -3.26. The number of carbonyl (C=O) groups excluding carboxylic acids is 1. The van der Waals surface area contributed by atoms with E-state index in [4.69, 9.17) is 4.74 Å². The van der Waals surface area contributed by atoms with Gasteiger partial charge in [-0.1, -0.05) is 30.3 Å². The molecule has 8 nitrogen and oxygen atoms in total. The molecule has 140 valence electrons. The normalized spacial score (nSPS) is 11.8. The second-order valence-electron chi connectivity index (χ2n) is 6.05. The highest BCUT2D eigenvalue weighted by molar-refractivity contribution is 5.77. The molecule has 0 unspecified atom stereocenters. The number of aromatic nitrogens is 4. The molecule has 0 fully saturated rings. The number of aryl methyl sites for hydroxylation is 1. The van der Waals surface area contributed by atoms with E-state index in [1.807, 2.05) is 30.3 Å². The molecule has 0 aliphatic heterocycles. The molecular formula is C19H21N5O3. The fraction of sp³-hybridized carbons (Fsp3) is 0.263. The third kappa shape index (κ3) is 5.35.